The van der Waals surface area contributed by atoms with Crippen LogP contribution < -0.4 is 15.5 Å². The van der Waals surface area contributed by atoms with E-state index in [4.69, 9.17) is 0 Å². The minimum atomic E-state index is -0.749. The fourth-order valence-corrected chi connectivity index (χ4v) is 5.56. The average molecular weight is 532 g/mol. The van der Waals surface area contributed by atoms with Gasteiger partial charge in [-0.2, -0.15) is 0 Å². The lowest BCUT2D eigenvalue weighted by molar-refractivity contribution is -0.148. The normalized spacial score (nSPS) is 17.7. The maximum atomic E-state index is 12.1. The van der Waals surface area contributed by atoms with Crippen LogP contribution in [0.2, 0.25) is 0 Å². The topological polar surface area (TPSA) is 133 Å². The number of aliphatic carboxylic acids is 1. The van der Waals surface area contributed by atoms with Gasteiger partial charge in [-0.3, -0.25) is 15.1 Å². The van der Waals surface area contributed by atoms with E-state index in [1.165, 1.54) is 11.3 Å². The van der Waals surface area contributed by atoms with Gasteiger partial charge in [0.1, 0.15) is 0 Å². The fourth-order valence-electron chi connectivity index (χ4n) is 4.59. The van der Waals surface area contributed by atoms with Crippen molar-refractivity contribution in [1.82, 2.24) is 25.3 Å². The second-order valence-corrected chi connectivity index (χ2v) is 10.6. The molecule has 3 aromatic heterocycles. The fraction of sp³-hybridized carbons (Fsp3) is 0.333. The maximum absolute atomic E-state index is 12.1. The molecule has 1 aliphatic heterocycles. The summed E-state index contributed by atoms with van der Waals surface area (Å²) in [6.07, 6.45) is 7.28. The number of carboxylic acids is 1. The van der Waals surface area contributed by atoms with Gasteiger partial charge in [-0.15, -0.1) is 0 Å². The molecular formula is C27H29N7O3S. The van der Waals surface area contributed by atoms with E-state index in [-0.39, 0.29) is 6.03 Å². The van der Waals surface area contributed by atoms with Crippen molar-refractivity contribution in [1.29, 1.82) is 0 Å². The molecule has 0 aliphatic carbocycles. The molecule has 196 valence electrons. The number of carbonyl (C=O) groups is 2. The number of fused-ring (bicyclic) bond motifs is 1. The molecule has 1 unspecified atom stereocenters. The standard InChI is InChI=1S/C27H29N7O3S/c1-3-28-25(37)33-26-32-21-14-17(13-19(22(21)38-26)20-7-4-5-10-29-20)18-15-30-24(31-16-18)34-11-6-8-27(2,9-12-34)23(35)36/h4-5,7,10,13-16H,3,6,8-9,11-12H2,1-2H3,(H,35,36)(H2,28,32,33,37). The van der Waals surface area contributed by atoms with Crippen LogP contribution in [0.3, 0.4) is 0 Å². The van der Waals surface area contributed by atoms with Crippen molar-refractivity contribution in [2.45, 2.75) is 33.1 Å². The lowest BCUT2D eigenvalue weighted by Gasteiger charge is -2.23. The molecule has 1 aromatic carbocycles. The van der Waals surface area contributed by atoms with Crippen molar-refractivity contribution >= 4 is 44.6 Å². The number of thiazole rings is 1. The van der Waals surface area contributed by atoms with E-state index in [9.17, 15) is 14.7 Å². The highest BCUT2D eigenvalue weighted by atomic mass is 32.1. The minimum absolute atomic E-state index is 0.299. The maximum Gasteiger partial charge on any atom is 0.321 e. The highest BCUT2D eigenvalue weighted by molar-refractivity contribution is 7.22. The van der Waals surface area contributed by atoms with Gasteiger partial charge in [-0.1, -0.05) is 17.4 Å². The first-order valence-electron chi connectivity index (χ1n) is 12.6. The number of carboxylic acid groups (broad SMARTS) is 1. The molecule has 3 N–H and O–H groups in total. The Balaban J connectivity index is 1.46. The Morgan fingerprint density at radius 1 is 1.11 bits per heavy atom. The predicted octanol–water partition coefficient (Wildman–Crippen LogP) is 5.04. The Hall–Kier alpha value is -4.12. The molecule has 0 radical (unpaired) electrons. The van der Waals surface area contributed by atoms with Gasteiger partial charge in [-0.25, -0.2) is 19.7 Å². The zero-order chi connectivity index (χ0) is 26.7. The van der Waals surface area contributed by atoms with Gasteiger partial charge >= 0.3 is 12.0 Å². The van der Waals surface area contributed by atoms with Crippen molar-refractivity contribution in [3.8, 4) is 22.4 Å². The molecule has 0 bridgehead atoms. The van der Waals surface area contributed by atoms with Gasteiger partial charge in [0, 0.05) is 49.4 Å². The van der Waals surface area contributed by atoms with Crippen molar-refractivity contribution < 1.29 is 14.7 Å². The molecule has 38 heavy (non-hydrogen) atoms. The van der Waals surface area contributed by atoms with E-state index in [0.29, 0.717) is 37.0 Å². The molecule has 0 spiro atoms. The Labute approximate surface area is 224 Å². The zero-order valence-corrected chi connectivity index (χ0v) is 22.1. The quantitative estimate of drug-likeness (QED) is 0.315. The van der Waals surface area contributed by atoms with Crippen LogP contribution in [0.4, 0.5) is 15.9 Å². The van der Waals surface area contributed by atoms with E-state index < -0.39 is 11.4 Å². The van der Waals surface area contributed by atoms with Crippen LogP contribution in [0.1, 0.15) is 33.1 Å². The molecule has 10 nitrogen and oxygen atoms in total. The summed E-state index contributed by atoms with van der Waals surface area (Å²) in [4.78, 5) is 44.3. The number of benzene rings is 1. The van der Waals surface area contributed by atoms with E-state index >= 15 is 0 Å². The summed E-state index contributed by atoms with van der Waals surface area (Å²) in [6.45, 7) is 5.51. The smallest absolute Gasteiger partial charge is 0.321 e. The van der Waals surface area contributed by atoms with E-state index in [0.717, 1.165) is 45.6 Å². The summed E-state index contributed by atoms with van der Waals surface area (Å²) in [5.41, 5.74) is 3.44. The molecule has 1 saturated heterocycles. The Morgan fingerprint density at radius 2 is 1.92 bits per heavy atom. The lowest BCUT2D eigenvalue weighted by atomic mass is 9.83. The van der Waals surface area contributed by atoms with Gasteiger partial charge < -0.3 is 15.3 Å². The number of nitrogens with zero attached hydrogens (tertiary/aromatic N) is 5. The van der Waals surface area contributed by atoms with Crippen LogP contribution in [0.5, 0.6) is 0 Å². The first kappa shape index (κ1) is 25.5. The third-order valence-electron chi connectivity index (χ3n) is 6.85. The van der Waals surface area contributed by atoms with Gasteiger partial charge in [-0.05, 0) is 62.9 Å². The van der Waals surface area contributed by atoms with Crippen molar-refractivity contribution in [3.63, 3.8) is 0 Å². The van der Waals surface area contributed by atoms with E-state index in [1.54, 1.807) is 18.6 Å². The summed E-state index contributed by atoms with van der Waals surface area (Å²) in [5.74, 6) is -0.155. The lowest BCUT2D eigenvalue weighted by Crippen LogP contribution is -2.30. The molecule has 0 saturated carbocycles. The number of aromatic nitrogens is 4. The van der Waals surface area contributed by atoms with Crippen LogP contribution in [0.25, 0.3) is 32.6 Å². The van der Waals surface area contributed by atoms with Crippen molar-refractivity contribution in [3.05, 3.63) is 48.9 Å². The first-order valence-corrected chi connectivity index (χ1v) is 13.4. The molecule has 2 amide bonds. The monoisotopic (exact) mass is 531 g/mol. The van der Waals surface area contributed by atoms with Crippen molar-refractivity contribution in [2.75, 3.05) is 29.9 Å². The summed E-state index contributed by atoms with van der Waals surface area (Å²) >= 11 is 1.40. The van der Waals surface area contributed by atoms with Crippen LogP contribution in [0.15, 0.2) is 48.9 Å². The number of carbonyl (C=O) groups excluding carboxylic acids is 1. The second-order valence-electron chi connectivity index (χ2n) is 9.57. The number of rotatable bonds is 6. The van der Waals surface area contributed by atoms with Crippen LogP contribution >= 0.6 is 11.3 Å². The minimum Gasteiger partial charge on any atom is -0.481 e. The Morgan fingerprint density at radius 3 is 2.63 bits per heavy atom. The first-order chi connectivity index (χ1) is 18.4. The molecule has 5 rings (SSSR count). The van der Waals surface area contributed by atoms with Crippen LogP contribution in [-0.4, -0.2) is 56.7 Å². The molecule has 1 atom stereocenters. The highest BCUT2D eigenvalue weighted by Crippen LogP contribution is 2.38. The summed E-state index contributed by atoms with van der Waals surface area (Å²) in [5, 5.41) is 15.6. The van der Waals surface area contributed by atoms with Gasteiger partial charge in [0.05, 0.1) is 21.3 Å². The molecule has 4 aromatic rings. The largest absolute Gasteiger partial charge is 0.481 e. The Kier molecular flexibility index (Phi) is 7.19. The van der Waals surface area contributed by atoms with Crippen LogP contribution in [0, 0.1) is 5.41 Å². The number of nitrogens with one attached hydrogen (secondary N) is 2. The van der Waals surface area contributed by atoms with E-state index in [2.05, 4.69) is 35.5 Å². The number of hydrogen-bond donors (Lipinski definition) is 3. The number of hydrogen-bond acceptors (Lipinski definition) is 8. The van der Waals surface area contributed by atoms with Crippen LogP contribution in [-0.2, 0) is 4.79 Å². The zero-order valence-electron chi connectivity index (χ0n) is 21.3. The number of amides is 2. The van der Waals surface area contributed by atoms with E-state index in [1.807, 2.05) is 44.2 Å². The molecular weight excluding hydrogens is 502 g/mol. The molecule has 1 fully saturated rings. The van der Waals surface area contributed by atoms with Gasteiger partial charge in [0.25, 0.3) is 0 Å². The number of pyridine rings is 1. The third-order valence-corrected chi connectivity index (χ3v) is 7.87. The number of anilines is 2. The SMILES string of the molecule is CCNC(=O)Nc1nc2cc(-c3cnc(N4CCCC(C)(C(=O)O)CC4)nc3)cc(-c3ccccn3)c2s1. The molecule has 11 heteroatoms. The Bertz CT molecular complexity index is 1460. The molecule has 4 heterocycles. The number of urea groups is 1. The molecule has 1 aliphatic rings. The predicted molar refractivity (Wildman–Crippen MR) is 148 cm³/mol. The van der Waals surface area contributed by atoms with Gasteiger partial charge in [0.2, 0.25) is 5.95 Å². The summed E-state index contributed by atoms with van der Waals surface area (Å²) < 4.78 is 0.919. The summed E-state index contributed by atoms with van der Waals surface area (Å²) in [6, 6.07) is 9.45. The van der Waals surface area contributed by atoms with Gasteiger partial charge in [0.15, 0.2) is 5.13 Å². The highest BCUT2D eigenvalue weighted by Gasteiger charge is 2.35. The second kappa shape index (κ2) is 10.7. The van der Waals surface area contributed by atoms with Crippen molar-refractivity contribution in [2.24, 2.45) is 5.41 Å². The average Bonchev–Trinajstić information content (AvgIpc) is 3.21. The summed E-state index contributed by atoms with van der Waals surface area (Å²) in [7, 11) is 0. The third kappa shape index (κ3) is 5.28.